The van der Waals surface area contributed by atoms with E-state index in [9.17, 15) is 10.1 Å². The van der Waals surface area contributed by atoms with Gasteiger partial charge in [-0.3, -0.25) is 10.1 Å². The molecule has 1 fully saturated rings. The summed E-state index contributed by atoms with van der Waals surface area (Å²) < 4.78 is 7.09. The number of rotatable bonds is 5. The van der Waals surface area contributed by atoms with E-state index in [0.717, 1.165) is 12.8 Å². The van der Waals surface area contributed by atoms with Crippen LogP contribution in [0.5, 0.6) is 5.88 Å². The average Bonchev–Trinajstić information content (AvgIpc) is 3.16. The zero-order chi connectivity index (χ0) is 14.1. The highest BCUT2D eigenvalue weighted by molar-refractivity contribution is 5.42. The Labute approximate surface area is 113 Å². The van der Waals surface area contributed by atoms with Gasteiger partial charge >= 0.3 is 5.69 Å². The Hall–Kier alpha value is -2.58. The van der Waals surface area contributed by atoms with Crippen molar-refractivity contribution in [2.45, 2.75) is 32.4 Å². The first kappa shape index (κ1) is 12.5. The van der Waals surface area contributed by atoms with Crippen LogP contribution in [0.15, 0.2) is 12.3 Å². The maximum atomic E-state index is 11.0. The number of nitro groups is 1. The Bertz CT molecular complexity index is 651. The largest absolute Gasteiger partial charge is 0.465 e. The fraction of sp³-hybridized carbons (Fsp3) is 0.455. The Kier molecular flexibility index (Phi) is 3.01. The lowest BCUT2D eigenvalue weighted by Crippen LogP contribution is -2.08. The Morgan fingerprint density at radius 2 is 2.35 bits per heavy atom. The topological polar surface area (TPSA) is 109 Å². The van der Waals surface area contributed by atoms with Crippen LogP contribution in [0, 0.1) is 17.0 Å². The molecule has 0 amide bonds. The molecule has 0 atom stereocenters. The van der Waals surface area contributed by atoms with E-state index in [2.05, 4.69) is 20.5 Å². The molecule has 0 aliphatic heterocycles. The average molecular weight is 276 g/mol. The molecule has 3 rings (SSSR count). The second-order valence-electron chi connectivity index (χ2n) is 4.65. The van der Waals surface area contributed by atoms with Gasteiger partial charge in [-0.05, 0) is 35.8 Å². The molecule has 0 N–H and O–H groups in total. The predicted molar refractivity (Wildman–Crippen MR) is 66.0 cm³/mol. The number of pyridine rings is 1. The molecule has 9 nitrogen and oxygen atoms in total. The van der Waals surface area contributed by atoms with Gasteiger partial charge in [0.1, 0.15) is 0 Å². The fourth-order valence-electron chi connectivity index (χ4n) is 1.83. The molecule has 2 heterocycles. The van der Waals surface area contributed by atoms with Gasteiger partial charge in [0.15, 0.2) is 12.4 Å². The number of hydrogen-bond acceptors (Lipinski definition) is 7. The van der Waals surface area contributed by atoms with Crippen LogP contribution in [0.4, 0.5) is 5.69 Å². The Balaban J connectivity index is 1.78. The molecule has 1 aliphatic rings. The zero-order valence-electron chi connectivity index (χ0n) is 10.8. The molecule has 1 saturated carbocycles. The van der Waals surface area contributed by atoms with Gasteiger partial charge in [0, 0.05) is 12.3 Å². The number of aryl methyl sites for hydroxylation is 1. The normalized spacial score (nSPS) is 14.2. The van der Waals surface area contributed by atoms with Crippen LogP contribution in [0.25, 0.3) is 0 Å². The summed E-state index contributed by atoms with van der Waals surface area (Å²) in [5.74, 6) is 0.523. The first-order chi connectivity index (χ1) is 9.65. The van der Waals surface area contributed by atoms with Gasteiger partial charge in [-0.1, -0.05) is 0 Å². The van der Waals surface area contributed by atoms with Crippen LogP contribution in [0.2, 0.25) is 0 Å². The summed E-state index contributed by atoms with van der Waals surface area (Å²) in [5.41, 5.74) is 0.544. The molecule has 0 saturated heterocycles. The van der Waals surface area contributed by atoms with Gasteiger partial charge in [-0.25, -0.2) is 9.67 Å². The van der Waals surface area contributed by atoms with Crippen molar-refractivity contribution < 1.29 is 9.66 Å². The molecule has 104 valence electrons. The second-order valence-corrected chi connectivity index (χ2v) is 4.65. The molecular formula is C11H12N6O3. The molecule has 0 unspecified atom stereocenters. The minimum atomic E-state index is -0.515. The molecular weight excluding hydrogens is 264 g/mol. The summed E-state index contributed by atoms with van der Waals surface area (Å²) in [7, 11) is 0. The van der Waals surface area contributed by atoms with E-state index in [1.54, 1.807) is 11.6 Å². The number of nitrogens with zero attached hydrogens (tertiary/aromatic N) is 6. The van der Waals surface area contributed by atoms with Crippen molar-refractivity contribution in [2.24, 2.45) is 0 Å². The van der Waals surface area contributed by atoms with Gasteiger partial charge in [-0.15, -0.1) is 5.10 Å². The summed E-state index contributed by atoms with van der Waals surface area (Å²) in [5, 5.41) is 22.3. The Morgan fingerprint density at radius 1 is 1.55 bits per heavy atom. The van der Waals surface area contributed by atoms with E-state index in [-0.39, 0.29) is 18.2 Å². The van der Waals surface area contributed by atoms with Crippen LogP contribution in [-0.4, -0.2) is 30.1 Å². The van der Waals surface area contributed by atoms with Crippen molar-refractivity contribution in [3.63, 3.8) is 0 Å². The van der Waals surface area contributed by atoms with Crippen LogP contribution < -0.4 is 4.74 Å². The summed E-state index contributed by atoms with van der Waals surface area (Å²) in [4.78, 5) is 14.4. The summed E-state index contributed by atoms with van der Waals surface area (Å²) in [6, 6.07) is 1.75. The molecule has 0 aromatic carbocycles. The molecule has 2 aromatic heterocycles. The highest BCUT2D eigenvalue weighted by Crippen LogP contribution is 2.34. The third-order valence-electron chi connectivity index (χ3n) is 2.96. The van der Waals surface area contributed by atoms with Gasteiger partial charge < -0.3 is 4.74 Å². The van der Waals surface area contributed by atoms with E-state index in [0.29, 0.717) is 17.4 Å². The summed E-state index contributed by atoms with van der Waals surface area (Å²) >= 11 is 0. The van der Waals surface area contributed by atoms with E-state index < -0.39 is 4.92 Å². The molecule has 0 radical (unpaired) electrons. The van der Waals surface area contributed by atoms with E-state index in [4.69, 9.17) is 4.74 Å². The standard InChI is InChI=1S/C11H12N6O3/c1-7-4-9(17(18)19)11(12-5-7)20-6-10-13-14-15-16(10)8-2-3-8/h4-5,8H,2-3,6H2,1H3. The minimum absolute atomic E-state index is 0.0223. The molecule has 0 spiro atoms. The lowest BCUT2D eigenvalue weighted by molar-refractivity contribution is -0.386. The second kappa shape index (κ2) is 4.83. The Morgan fingerprint density at radius 3 is 3.05 bits per heavy atom. The lowest BCUT2D eigenvalue weighted by atomic mass is 10.3. The maximum Gasteiger partial charge on any atom is 0.331 e. The minimum Gasteiger partial charge on any atom is -0.465 e. The smallest absolute Gasteiger partial charge is 0.331 e. The quantitative estimate of drug-likeness (QED) is 0.596. The first-order valence-corrected chi connectivity index (χ1v) is 6.15. The first-order valence-electron chi connectivity index (χ1n) is 6.15. The zero-order valence-corrected chi connectivity index (χ0v) is 10.8. The van der Waals surface area contributed by atoms with Gasteiger partial charge in [0.05, 0.1) is 11.0 Å². The molecule has 9 heteroatoms. The molecule has 20 heavy (non-hydrogen) atoms. The summed E-state index contributed by atoms with van der Waals surface area (Å²) in [6.45, 7) is 1.79. The summed E-state index contributed by atoms with van der Waals surface area (Å²) in [6.07, 6.45) is 3.61. The van der Waals surface area contributed by atoms with Gasteiger partial charge in [0.2, 0.25) is 0 Å². The highest BCUT2D eigenvalue weighted by Gasteiger charge is 2.28. The van der Waals surface area contributed by atoms with Crippen LogP contribution in [0.1, 0.15) is 30.3 Å². The number of ether oxygens (including phenoxy) is 1. The van der Waals surface area contributed by atoms with E-state index in [1.807, 2.05) is 0 Å². The van der Waals surface area contributed by atoms with Crippen molar-refractivity contribution in [3.05, 3.63) is 33.8 Å². The van der Waals surface area contributed by atoms with Crippen molar-refractivity contribution in [1.82, 2.24) is 25.2 Å². The monoisotopic (exact) mass is 276 g/mol. The highest BCUT2D eigenvalue weighted by atomic mass is 16.6. The van der Waals surface area contributed by atoms with Crippen LogP contribution >= 0.6 is 0 Å². The predicted octanol–water partition coefficient (Wildman–Crippen LogP) is 1.20. The van der Waals surface area contributed by atoms with Gasteiger partial charge in [-0.2, -0.15) is 0 Å². The third kappa shape index (κ3) is 2.42. The van der Waals surface area contributed by atoms with Gasteiger partial charge in [0.25, 0.3) is 5.88 Å². The van der Waals surface area contributed by atoms with Crippen LogP contribution in [0.3, 0.4) is 0 Å². The molecule has 2 aromatic rings. The van der Waals surface area contributed by atoms with Crippen LogP contribution in [-0.2, 0) is 6.61 Å². The molecule has 0 bridgehead atoms. The third-order valence-corrected chi connectivity index (χ3v) is 2.96. The number of aromatic nitrogens is 5. The SMILES string of the molecule is Cc1cnc(OCc2nnnn2C2CC2)c([N+](=O)[O-])c1. The number of hydrogen-bond donors (Lipinski definition) is 0. The number of tetrazole rings is 1. The van der Waals surface area contributed by atoms with Crippen molar-refractivity contribution in [3.8, 4) is 5.88 Å². The van der Waals surface area contributed by atoms with E-state index in [1.165, 1.54) is 12.3 Å². The maximum absolute atomic E-state index is 11.0. The van der Waals surface area contributed by atoms with Crippen molar-refractivity contribution >= 4 is 5.69 Å². The van der Waals surface area contributed by atoms with Crippen molar-refractivity contribution in [1.29, 1.82) is 0 Å². The van der Waals surface area contributed by atoms with E-state index >= 15 is 0 Å². The fourth-order valence-corrected chi connectivity index (χ4v) is 1.83. The van der Waals surface area contributed by atoms with Crippen molar-refractivity contribution in [2.75, 3.05) is 0 Å². The molecule has 1 aliphatic carbocycles. The lowest BCUT2D eigenvalue weighted by Gasteiger charge is -2.06.